The zero-order valence-electron chi connectivity index (χ0n) is 8.81. The lowest BCUT2D eigenvalue weighted by atomic mass is 10.5. The van der Waals surface area contributed by atoms with E-state index >= 15 is 0 Å². The molecular weight excluding hydrogens is 138 g/mol. The Balaban J connectivity index is -0.000000138. The van der Waals surface area contributed by atoms with E-state index in [-0.39, 0.29) is 0 Å². The van der Waals surface area contributed by atoms with E-state index in [4.69, 9.17) is 10.5 Å². The summed E-state index contributed by atoms with van der Waals surface area (Å²) in [6.45, 7) is 12.3. The second kappa shape index (κ2) is 32.6. The van der Waals surface area contributed by atoms with Crippen molar-refractivity contribution >= 4 is 0 Å². The largest absolute Gasteiger partial charge is 0.380 e. The van der Waals surface area contributed by atoms with Crippen molar-refractivity contribution in [1.29, 1.82) is 0 Å². The third-order valence-corrected chi connectivity index (χ3v) is 0.611. The van der Waals surface area contributed by atoms with Gasteiger partial charge in [-0.15, -0.1) is 0 Å². The fraction of sp³-hybridized carbons (Fsp3) is 1.00. The molecule has 0 aliphatic rings. The molecule has 0 rings (SSSR count). The van der Waals surface area contributed by atoms with E-state index in [1.54, 1.807) is 0 Å². The van der Waals surface area contributed by atoms with Gasteiger partial charge in [0.05, 0.1) is 6.61 Å². The Morgan fingerprint density at radius 2 is 1.45 bits per heavy atom. The number of nitrogens with two attached hydrogens (primary N) is 1. The first-order chi connectivity index (χ1) is 5.41. The lowest BCUT2D eigenvalue weighted by Gasteiger charge is -1.95. The lowest BCUT2D eigenvalue weighted by molar-refractivity contribution is 0.142. The minimum absolute atomic E-state index is 0.639. The average molecular weight is 163 g/mol. The monoisotopic (exact) mass is 163 g/mol. The van der Waals surface area contributed by atoms with Crippen molar-refractivity contribution in [2.24, 2.45) is 5.73 Å². The summed E-state index contributed by atoms with van der Waals surface area (Å²) in [5.41, 5.74) is 5.14. The van der Waals surface area contributed by atoms with Crippen LogP contribution in [0.5, 0.6) is 0 Å². The van der Waals surface area contributed by atoms with Crippen molar-refractivity contribution in [3.63, 3.8) is 0 Å². The first-order valence-corrected chi connectivity index (χ1v) is 4.69. The van der Waals surface area contributed by atoms with E-state index in [0.717, 1.165) is 13.0 Å². The number of hydrogen-bond acceptors (Lipinski definition) is 2. The van der Waals surface area contributed by atoms with Crippen LogP contribution < -0.4 is 5.73 Å². The Kier molecular flexibility index (Phi) is 50.8. The van der Waals surface area contributed by atoms with Crippen LogP contribution in [0.4, 0.5) is 0 Å². The highest BCUT2D eigenvalue weighted by atomic mass is 16.5. The first kappa shape index (κ1) is 17.1. The summed E-state index contributed by atoms with van der Waals surface area (Å²) in [6, 6.07) is 0. The normalized spacial score (nSPS) is 7.09. The smallest absolute Gasteiger partial charge is 0.0588 e. The van der Waals surface area contributed by atoms with Crippen LogP contribution in [-0.2, 0) is 4.74 Å². The SMILES string of the molecule is CC.CC.CCCOCCN. The second-order valence-electron chi connectivity index (χ2n) is 1.40. The molecule has 0 spiro atoms. The van der Waals surface area contributed by atoms with Crippen molar-refractivity contribution in [2.45, 2.75) is 41.0 Å². The molecule has 0 aromatic carbocycles. The zero-order valence-corrected chi connectivity index (χ0v) is 8.81. The molecule has 72 valence electrons. The highest BCUT2D eigenvalue weighted by Crippen LogP contribution is 1.75. The second-order valence-corrected chi connectivity index (χ2v) is 1.40. The quantitative estimate of drug-likeness (QED) is 0.646. The van der Waals surface area contributed by atoms with Gasteiger partial charge < -0.3 is 10.5 Å². The van der Waals surface area contributed by atoms with E-state index < -0.39 is 0 Å². The maximum absolute atomic E-state index is 5.14. The molecule has 0 heterocycles. The molecule has 0 aromatic rings. The van der Waals surface area contributed by atoms with E-state index in [0.29, 0.717) is 13.2 Å². The van der Waals surface area contributed by atoms with Crippen LogP contribution in [-0.4, -0.2) is 19.8 Å². The maximum atomic E-state index is 5.14. The molecule has 0 aliphatic carbocycles. The summed E-state index contributed by atoms with van der Waals surface area (Å²) in [7, 11) is 0. The van der Waals surface area contributed by atoms with Crippen LogP contribution in [0.2, 0.25) is 0 Å². The average Bonchev–Trinajstić information content (AvgIpc) is 2.13. The van der Waals surface area contributed by atoms with Gasteiger partial charge in [-0.1, -0.05) is 34.6 Å². The molecule has 0 unspecified atom stereocenters. The summed E-state index contributed by atoms with van der Waals surface area (Å²) >= 11 is 0. The molecule has 0 aromatic heterocycles. The predicted octanol–water partition coefficient (Wildman–Crippen LogP) is 2.42. The van der Waals surface area contributed by atoms with Crippen LogP contribution in [0, 0.1) is 0 Å². The molecular formula is C9H25NO. The molecule has 0 amide bonds. The molecule has 0 radical (unpaired) electrons. The molecule has 0 atom stereocenters. The molecule has 0 aliphatic heterocycles. The standard InChI is InChI=1S/C5H13NO.2C2H6/c1-2-4-7-5-3-6;2*1-2/h2-6H2,1H3;2*1-2H3. The van der Waals surface area contributed by atoms with Gasteiger partial charge in [-0.05, 0) is 6.42 Å². The van der Waals surface area contributed by atoms with Crippen LogP contribution in [0.3, 0.4) is 0 Å². The Bertz CT molecular complexity index is 28.7. The van der Waals surface area contributed by atoms with Gasteiger partial charge in [0.2, 0.25) is 0 Å². The predicted molar refractivity (Wildman–Crippen MR) is 52.9 cm³/mol. The third-order valence-electron chi connectivity index (χ3n) is 0.611. The Labute approximate surface area is 72.1 Å². The number of ether oxygens (including phenoxy) is 1. The van der Waals surface area contributed by atoms with Crippen LogP contribution in [0.1, 0.15) is 41.0 Å². The van der Waals surface area contributed by atoms with Gasteiger partial charge >= 0.3 is 0 Å². The van der Waals surface area contributed by atoms with Crippen molar-refractivity contribution in [3.05, 3.63) is 0 Å². The van der Waals surface area contributed by atoms with Gasteiger partial charge in [0.1, 0.15) is 0 Å². The van der Waals surface area contributed by atoms with Crippen molar-refractivity contribution in [1.82, 2.24) is 0 Å². The van der Waals surface area contributed by atoms with Crippen molar-refractivity contribution in [2.75, 3.05) is 19.8 Å². The maximum Gasteiger partial charge on any atom is 0.0588 e. The minimum atomic E-state index is 0.639. The van der Waals surface area contributed by atoms with Gasteiger partial charge in [0, 0.05) is 13.2 Å². The fourth-order valence-corrected chi connectivity index (χ4v) is 0.330. The molecule has 2 N–H and O–H groups in total. The molecule has 0 saturated heterocycles. The Hall–Kier alpha value is -0.0800. The Morgan fingerprint density at radius 3 is 1.73 bits per heavy atom. The summed E-state index contributed by atoms with van der Waals surface area (Å²) in [4.78, 5) is 0. The number of rotatable bonds is 4. The minimum Gasteiger partial charge on any atom is -0.380 e. The molecule has 0 bridgehead atoms. The summed E-state index contributed by atoms with van der Waals surface area (Å²) in [5.74, 6) is 0. The topological polar surface area (TPSA) is 35.2 Å². The molecule has 2 nitrogen and oxygen atoms in total. The lowest BCUT2D eigenvalue weighted by Crippen LogP contribution is -2.08. The van der Waals surface area contributed by atoms with E-state index in [9.17, 15) is 0 Å². The molecule has 0 fully saturated rings. The highest BCUT2D eigenvalue weighted by Gasteiger charge is 1.77. The fourth-order valence-electron chi connectivity index (χ4n) is 0.330. The van der Waals surface area contributed by atoms with Crippen molar-refractivity contribution < 1.29 is 4.74 Å². The van der Waals surface area contributed by atoms with Crippen LogP contribution in [0.15, 0.2) is 0 Å². The number of hydrogen-bond donors (Lipinski definition) is 1. The van der Waals surface area contributed by atoms with E-state index in [1.165, 1.54) is 0 Å². The van der Waals surface area contributed by atoms with Crippen LogP contribution >= 0.6 is 0 Å². The van der Waals surface area contributed by atoms with E-state index in [2.05, 4.69) is 6.92 Å². The van der Waals surface area contributed by atoms with Gasteiger partial charge in [-0.25, -0.2) is 0 Å². The van der Waals surface area contributed by atoms with Gasteiger partial charge in [-0.3, -0.25) is 0 Å². The first-order valence-electron chi connectivity index (χ1n) is 4.69. The zero-order chi connectivity index (χ0) is 9.54. The molecule has 11 heavy (non-hydrogen) atoms. The van der Waals surface area contributed by atoms with E-state index in [1.807, 2.05) is 27.7 Å². The summed E-state index contributed by atoms with van der Waals surface area (Å²) in [5, 5.41) is 0. The highest BCUT2D eigenvalue weighted by molar-refractivity contribution is 4.29. The van der Waals surface area contributed by atoms with Gasteiger partial charge in [-0.2, -0.15) is 0 Å². The summed E-state index contributed by atoms with van der Waals surface area (Å²) in [6.07, 6.45) is 1.08. The third kappa shape index (κ3) is 40.5. The Morgan fingerprint density at radius 1 is 1.00 bits per heavy atom. The molecule has 0 saturated carbocycles. The van der Waals surface area contributed by atoms with Gasteiger partial charge in [0.15, 0.2) is 0 Å². The molecule has 2 heteroatoms. The summed E-state index contributed by atoms with van der Waals surface area (Å²) < 4.78 is 5.01. The van der Waals surface area contributed by atoms with Crippen LogP contribution in [0.25, 0.3) is 0 Å². The van der Waals surface area contributed by atoms with Crippen molar-refractivity contribution in [3.8, 4) is 0 Å². The van der Waals surface area contributed by atoms with Gasteiger partial charge in [0.25, 0.3) is 0 Å².